The standard InChI is InChI=1S/C17H17N3O3/c1-12-6-3-4-9-15(12)19-16(21)17(22)20-18-11-13-7-5-8-14(10-13)23-2/h3-11H,1-2H3,(H,19,21)(H,20,22). The minimum atomic E-state index is -0.840. The number of hydrogen-bond acceptors (Lipinski definition) is 4. The van der Waals surface area contributed by atoms with Gasteiger partial charge in [-0.25, -0.2) is 5.43 Å². The molecule has 0 aliphatic heterocycles. The van der Waals surface area contributed by atoms with Gasteiger partial charge in [-0.2, -0.15) is 5.10 Å². The predicted octanol–water partition coefficient (Wildman–Crippen LogP) is 2.09. The number of nitrogens with zero attached hydrogens (tertiary/aromatic N) is 1. The van der Waals surface area contributed by atoms with E-state index in [9.17, 15) is 9.59 Å². The lowest BCUT2D eigenvalue weighted by Gasteiger charge is -2.06. The summed E-state index contributed by atoms with van der Waals surface area (Å²) in [5, 5.41) is 6.29. The van der Waals surface area contributed by atoms with Gasteiger partial charge in [0, 0.05) is 5.69 Å². The van der Waals surface area contributed by atoms with Crippen LogP contribution in [0.3, 0.4) is 0 Å². The van der Waals surface area contributed by atoms with Gasteiger partial charge in [0.25, 0.3) is 0 Å². The first-order valence-corrected chi connectivity index (χ1v) is 6.94. The number of hydrogen-bond donors (Lipinski definition) is 2. The van der Waals surface area contributed by atoms with Crippen molar-refractivity contribution in [3.63, 3.8) is 0 Å². The maximum Gasteiger partial charge on any atom is 0.329 e. The quantitative estimate of drug-likeness (QED) is 0.515. The summed E-state index contributed by atoms with van der Waals surface area (Å²) in [6.07, 6.45) is 1.43. The van der Waals surface area contributed by atoms with Crippen LogP contribution in [-0.2, 0) is 9.59 Å². The van der Waals surface area contributed by atoms with Crippen molar-refractivity contribution in [1.82, 2.24) is 5.43 Å². The molecule has 0 radical (unpaired) electrons. The summed E-state index contributed by atoms with van der Waals surface area (Å²) in [6, 6.07) is 14.3. The lowest BCUT2D eigenvalue weighted by molar-refractivity contribution is -0.136. The van der Waals surface area contributed by atoms with Crippen molar-refractivity contribution in [2.75, 3.05) is 12.4 Å². The second-order valence-corrected chi connectivity index (χ2v) is 4.74. The van der Waals surface area contributed by atoms with Crippen LogP contribution in [0, 0.1) is 6.92 Å². The second-order valence-electron chi connectivity index (χ2n) is 4.74. The summed E-state index contributed by atoms with van der Waals surface area (Å²) in [5.74, 6) is -0.938. The second kappa shape index (κ2) is 7.74. The highest BCUT2D eigenvalue weighted by atomic mass is 16.5. The van der Waals surface area contributed by atoms with Crippen molar-refractivity contribution in [2.24, 2.45) is 5.10 Å². The summed E-state index contributed by atoms with van der Waals surface area (Å²) < 4.78 is 5.08. The fraction of sp³-hybridized carbons (Fsp3) is 0.118. The van der Waals surface area contributed by atoms with E-state index >= 15 is 0 Å². The van der Waals surface area contributed by atoms with Crippen LogP contribution in [0.1, 0.15) is 11.1 Å². The number of carbonyl (C=O) groups excluding carboxylic acids is 2. The number of benzene rings is 2. The molecule has 0 unspecified atom stereocenters. The zero-order valence-electron chi connectivity index (χ0n) is 12.9. The molecule has 6 nitrogen and oxygen atoms in total. The van der Waals surface area contributed by atoms with Gasteiger partial charge >= 0.3 is 11.8 Å². The maximum absolute atomic E-state index is 11.8. The van der Waals surface area contributed by atoms with Crippen LogP contribution >= 0.6 is 0 Å². The molecule has 0 aliphatic rings. The highest BCUT2D eigenvalue weighted by Crippen LogP contribution is 2.13. The smallest absolute Gasteiger partial charge is 0.329 e. The van der Waals surface area contributed by atoms with Gasteiger partial charge < -0.3 is 10.1 Å². The Hall–Kier alpha value is -3.15. The van der Waals surface area contributed by atoms with Gasteiger partial charge in [-0.15, -0.1) is 0 Å². The van der Waals surface area contributed by atoms with Crippen LogP contribution in [0.25, 0.3) is 0 Å². The Labute approximate surface area is 134 Å². The molecule has 2 rings (SSSR count). The molecule has 2 aromatic carbocycles. The van der Waals surface area contributed by atoms with Crippen molar-refractivity contribution < 1.29 is 14.3 Å². The molecule has 0 saturated carbocycles. The summed E-state index contributed by atoms with van der Waals surface area (Å²) in [6.45, 7) is 1.84. The number of rotatable bonds is 4. The van der Waals surface area contributed by atoms with E-state index in [-0.39, 0.29) is 0 Å². The third-order valence-electron chi connectivity index (χ3n) is 3.07. The minimum absolute atomic E-state index is 0.587. The van der Waals surface area contributed by atoms with Gasteiger partial charge in [0.1, 0.15) is 5.75 Å². The average molecular weight is 311 g/mol. The van der Waals surface area contributed by atoms with E-state index in [0.29, 0.717) is 11.4 Å². The number of anilines is 1. The third-order valence-corrected chi connectivity index (χ3v) is 3.07. The number of nitrogens with one attached hydrogen (secondary N) is 2. The number of aryl methyl sites for hydroxylation is 1. The lowest BCUT2D eigenvalue weighted by Crippen LogP contribution is -2.32. The highest BCUT2D eigenvalue weighted by Gasteiger charge is 2.13. The SMILES string of the molecule is COc1cccc(C=NNC(=O)C(=O)Nc2ccccc2C)c1. The number of para-hydroxylation sites is 1. The largest absolute Gasteiger partial charge is 0.497 e. The van der Waals surface area contributed by atoms with E-state index in [0.717, 1.165) is 11.1 Å². The fourth-order valence-corrected chi connectivity index (χ4v) is 1.83. The average Bonchev–Trinajstić information content (AvgIpc) is 2.57. The van der Waals surface area contributed by atoms with Crippen LogP contribution < -0.4 is 15.5 Å². The summed E-state index contributed by atoms with van der Waals surface area (Å²) >= 11 is 0. The molecule has 0 aromatic heterocycles. The Morgan fingerprint density at radius 1 is 1.09 bits per heavy atom. The number of hydrazone groups is 1. The molecule has 118 valence electrons. The van der Waals surface area contributed by atoms with Crippen LogP contribution in [0.5, 0.6) is 5.75 Å². The first-order valence-electron chi connectivity index (χ1n) is 6.94. The molecule has 0 aliphatic carbocycles. The van der Waals surface area contributed by atoms with Gasteiger partial charge in [-0.05, 0) is 36.2 Å². The number of amides is 2. The van der Waals surface area contributed by atoms with Gasteiger partial charge in [-0.3, -0.25) is 9.59 Å². The summed E-state index contributed by atoms with van der Waals surface area (Å²) in [5.41, 5.74) is 4.38. The maximum atomic E-state index is 11.8. The van der Waals surface area contributed by atoms with E-state index in [1.165, 1.54) is 6.21 Å². The molecule has 0 fully saturated rings. The van der Waals surface area contributed by atoms with Crippen LogP contribution in [-0.4, -0.2) is 25.1 Å². The third kappa shape index (κ3) is 4.67. The van der Waals surface area contributed by atoms with Crippen molar-refractivity contribution in [1.29, 1.82) is 0 Å². The molecule has 23 heavy (non-hydrogen) atoms. The van der Waals surface area contributed by atoms with Crippen LogP contribution in [0.15, 0.2) is 53.6 Å². The normalized spacial score (nSPS) is 10.3. The predicted molar refractivity (Wildman–Crippen MR) is 88.5 cm³/mol. The molecule has 0 spiro atoms. The summed E-state index contributed by atoms with van der Waals surface area (Å²) in [7, 11) is 1.56. The lowest BCUT2D eigenvalue weighted by atomic mass is 10.2. The first kappa shape index (κ1) is 16.2. The van der Waals surface area contributed by atoms with Gasteiger partial charge in [0.15, 0.2) is 0 Å². The van der Waals surface area contributed by atoms with Gasteiger partial charge in [-0.1, -0.05) is 30.3 Å². The van der Waals surface area contributed by atoms with E-state index in [2.05, 4.69) is 15.8 Å². The van der Waals surface area contributed by atoms with Crippen molar-refractivity contribution in [3.05, 3.63) is 59.7 Å². The van der Waals surface area contributed by atoms with Crippen molar-refractivity contribution >= 4 is 23.7 Å². The topological polar surface area (TPSA) is 79.8 Å². The molecule has 2 N–H and O–H groups in total. The minimum Gasteiger partial charge on any atom is -0.497 e. The van der Waals surface area contributed by atoms with Crippen molar-refractivity contribution in [3.8, 4) is 5.75 Å². The molecular weight excluding hydrogens is 294 g/mol. The van der Waals surface area contributed by atoms with E-state index in [1.54, 1.807) is 43.5 Å². The molecule has 6 heteroatoms. The van der Waals surface area contributed by atoms with Gasteiger partial charge in [0.2, 0.25) is 0 Å². The zero-order valence-corrected chi connectivity index (χ0v) is 12.9. The first-order chi connectivity index (χ1) is 11.1. The molecule has 0 heterocycles. The Kier molecular flexibility index (Phi) is 5.46. The van der Waals surface area contributed by atoms with Crippen molar-refractivity contribution in [2.45, 2.75) is 6.92 Å². The summed E-state index contributed by atoms with van der Waals surface area (Å²) in [4.78, 5) is 23.5. The molecule has 0 saturated heterocycles. The van der Waals surface area contributed by atoms with Gasteiger partial charge in [0.05, 0.1) is 13.3 Å². The Morgan fingerprint density at radius 3 is 2.61 bits per heavy atom. The molecular formula is C17H17N3O3. The number of carbonyl (C=O) groups is 2. The van der Waals surface area contributed by atoms with Crippen LogP contribution in [0.4, 0.5) is 5.69 Å². The highest BCUT2D eigenvalue weighted by molar-refractivity contribution is 6.39. The number of methoxy groups -OCH3 is 1. The number of ether oxygens (including phenoxy) is 1. The fourth-order valence-electron chi connectivity index (χ4n) is 1.83. The Balaban J connectivity index is 1.92. The van der Waals surface area contributed by atoms with E-state index in [1.807, 2.05) is 19.1 Å². The monoisotopic (exact) mass is 311 g/mol. The Morgan fingerprint density at radius 2 is 1.87 bits per heavy atom. The van der Waals surface area contributed by atoms with E-state index < -0.39 is 11.8 Å². The molecule has 0 atom stereocenters. The molecule has 2 aromatic rings. The zero-order chi connectivity index (χ0) is 16.7. The van der Waals surface area contributed by atoms with E-state index in [4.69, 9.17) is 4.74 Å². The molecule has 0 bridgehead atoms. The Bertz CT molecular complexity index is 741. The van der Waals surface area contributed by atoms with Crippen LogP contribution in [0.2, 0.25) is 0 Å². The molecule has 2 amide bonds.